The molecule has 0 saturated carbocycles. The fourth-order valence-electron chi connectivity index (χ4n) is 2.15. The van der Waals surface area contributed by atoms with Crippen molar-refractivity contribution in [2.45, 2.75) is 47.0 Å². The fraction of sp³-hybridized carbons (Fsp3) is 0.500. The van der Waals surface area contributed by atoms with E-state index in [1.807, 2.05) is 32.9 Å². The summed E-state index contributed by atoms with van der Waals surface area (Å²) in [4.78, 5) is 17.0. The number of hydrogen-bond donors (Lipinski definition) is 0. The normalized spacial score (nSPS) is 11.5. The predicted molar refractivity (Wildman–Crippen MR) is 95.6 cm³/mol. The third kappa shape index (κ3) is 5.06. The van der Waals surface area contributed by atoms with Gasteiger partial charge in [-0.2, -0.15) is 9.67 Å². The predicted octanol–water partition coefficient (Wildman–Crippen LogP) is 4.85. The van der Waals surface area contributed by atoms with Gasteiger partial charge in [-0.25, -0.2) is 0 Å². The molecule has 0 amide bonds. The molecule has 0 atom stereocenters. The van der Waals surface area contributed by atoms with Crippen molar-refractivity contribution in [3.8, 4) is 17.4 Å². The number of rotatable bonds is 6. The fourth-order valence-corrected chi connectivity index (χ4v) is 2.28. The molecule has 1 aromatic heterocycles. The summed E-state index contributed by atoms with van der Waals surface area (Å²) in [5.74, 6) is 0.373. The molecule has 0 N–H and O–H groups in total. The number of benzene rings is 1. The summed E-state index contributed by atoms with van der Waals surface area (Å²) in [6.45, 7) is 8.67. The third-order valence-corrected chi connectivity index (χ3v) is 3.59. The van der Waals surface area contributed by atoms with Crippen molar-refractivity contribution in [1.29, 1.82) is 0 Å². The van der Waals surface area contributed by atoms with E-state index in [1.165, 1.54) is 4.68 Å². The van der Waals surface area contributed by atoms with Crippen LogP contribution in [0.2, 0.25) is 5.02 Å². The molecule has 2 rings (SSSR count). The van der Waals surface area contributed by atoms with Crippen LogP contribution in [0.3, 0.4) is 0 Å². The van der Waals surface area contributed by atoms with E-state index in [1.54, 1.807) is 12.1 Å². The van der Waals surface area contributed by atoms with Crippen molar-refractivity contribution in [3.05, 3.63) is 29.3 Å². The number of carbonyl (C=O) groups excluding carboxylic acids is 1. The van der Waals surface area contributed by atoms with Crippen LogP contribution in [-0.4, -0.2) is 27.3 Å². The maximum Gasteiger partial charge on any atom is 0.336 e. The highest BCUT2D eigenvalue weighted by atomic mass is 35.5. The van der Waals surface area contributed by atoms with Crippen LogP contribution in [0, 0.1) is 5.41 Å². The second-order valence-electron chi connectivity index (χ2n) is 6.97. The number of aromatic nitrogens is 3. The Labute approximate surface area is 148 Å². The molecule has 24 heavy (non-hydrogen) atoms. The molecule has 5 nitrogen and oxygen atoms in total. The van der Waals surface area contributed by atoms with Crippen molar-refractivity contribution in [2.24, 2.45) is 5.41 Å². The second-order valence-corrected chi connectivity index (χ2v) is 7.41. The summed E-state index contributed by atoms with van der Waals surface area (Å²) in [6.07, 6.45) is 2.31. The standard InChI is InChI=1S/C18H24ClN3O2/c1-5-6-11-24-17-20-16(13-7-9-14(19)10-8-13)22(21-17)15(23)12-18(2,3)4/h7-10H,5-6,11-12H2,1-4H3. The zero-order chi connectivity index (χ0) is 17.7. The van der Waals surface area contributed by atoms with Gasteiger partial charge in [0, 0.05) is 17.0 Å². The molecule has 1 aromatic carbocycles. The van der Waals surface area contributed by atoms with Crippen LogP contribution in [0.25, 0.3) is 11.4 Å². The molecule has 0 unspecified atom stereocenters. The first-order chi connectivity index (χ1) is 11.3. The van der Waals surface area contributed by atoms with E-state index in [4.69, 9.17) is 16.3 Å². The molecule has 0 spiro atoms. The van der Waals surface area contributed by atoms with Crippen molar-refractivity contribution in [2.75, 3.05) is 6.61 Å². The SMILES string of the molecule is CCCCOc1nc(-c2ccc(Cl)cc2)n(C(=O)CC(C)(C)C)n1. The average Bonchev–Trinajstić information content (AvgIpc) is 2.91. The summed E-state index contributed by atoms with van der Waals surface area (Å²) < 4.78 is 6.91. The number of hydrogen-bond acceptors (Lipinski definition) is 4. The second kappa shape index (κ2) is 7.79. The topological polar surface area (TPSA) is 57.0 Å². The zero-order valence-electron chi connectivity index (χ0n) is 14.7. The summed E-state index contributed by atoms with van der Waals surface area (Å²) in [5, 5.41) is 4.90. The van der Waals surface area contributed by atoms with Gasteiger partial charge in [0.1, 0.15) is 0 Å². The number of halogens is 1. The highest BCUT2D eigenvalue weighted by Gasteiger charge is 2.23. The van der Waals surface area contributed by atoms with Gasteiger partial charge < -0.3 is 4.74 Å². The summed E-state index contributed by atoms with van der Waals surface area (Å²) in [6, 6.07) is 7.41. The molecule has 0 fully saturated rings. The molecule has 0 radical (unpaired) electrons. The van der Waals surface area contributed by atoms with E-state index < -0.39 is 0 Å². The maximum absolute atomic E-state index is 12.6. The lowest BCUT2D eigenvalue weighted by molar-refractivity contribution is 0.0840. The number of nitrogens with zero attached hydrogens (tertiary/aromatic N) is 3. The average molecular weight is 350 g/mol. The van der Waals surface area contributed by atoms with Gasteiger partial charge in [0.25, 0.3) is 0 Å². The lowest BCUT2D eigenvalue weighted by Gasteiger charge is -2.16. The van der Waals surface area contributed by atoms with Crippen LogP contribution in [0.5, 0.6) is 6.01 Å². The van der Waals surface area contributed by atoms with E-state index in [0.717, 1.165) is 18.4 Å². The first-order valence-electron chi connectivity index (χ1n) is 8.19. The van der Waals surface area contributed by atoms with E-state index in [9.17, 15) is 4.79 Å². The maximum atomic E-state index is 12.6. The minimum atomic E-state index is -0.135. The zero-order valence-corrected chi connectivity index (χ0v) is 15.4. The van der Waals surface area contributed by atoms with Crippen LogP contribution >= 0.6 is 11.6 Å². The summed E-state index contributed by atoms with van der Waals surface area (Å²) in [5.41, 5.74) is 0.642. The molecule has 2 aromatic rings. The first kappa shape index (κ1) is 18.5. The van der Waals surface area contributed by atoms with Gasteiger partial charge in [0.2, 0.25) is 5.91 Å². The quantitative estimate of drug-likeness (QED) is 0.699. The van der Waals surface area contributed by atoms with Gasteiger partial charge in [0.15, 0.2) is 5.82 Å². The molecular formula is C18H24ClN3O2. The molecule has 1 heterocycles. The third-order valence-electron chi connectivity index (χ3n) is 3.34. The highest BCUT2D eigenvalue weighted by Crippen LogP contribution is 2.25. The Morgan fingerprint density at radius 2 is 1.92 bits per heavy atom. The van der Waals surface area contributed by atoms with Crippen LogP contribution in [0.1, 0.15) is 51.8 Å². The molecule has 0 aliphatic carbocycles. The van der Waals surface area contributed by atoms with Crippen molar-refractivity contribution < 1.29 is 9.53 Å². The Bertz CT molecular complexity index is 687. The molecular weight excluding hydrogens is 326 g/mol. The molecule has 0 aliphatic rings. The number of ether oxygens (including phenoxy) is 1. The van der Waals surface area contributed by atoms with E-state index >= 15 is 0 Å². The van der Waals surface area contributed by atoms with Crippen molar-refractivity contribution >= 4 is 17.5 Å². The van der Waals surface area contributed by atoms with Gasteiger partial charge >= 0.3 is 6.01 Å². The minimum Gasteiger partial charge on any atom is -0.462 e. The van der Waals surface area contributed by atoms with E-state index in [-0.39, 0.29) is 17.3 Å². The Morgan fingerprint density at radius 3 is 2.50 bits per heavy atom. The monoisotopic (exact) mass is 349 g/mol. The highest BCUT2D eigenvalue weighted by molar-refractivity contribution is 6.30. The van der Waals surface area contributed by atoms with Gasteiger partial charge in [-0.3, -0.25) is 4.79 Å². The van der Waals surface area contributed by atoms with Crippen LogP contribution in [0.15, 0.2) is 24.3 Å². The largest absolute Gasteiger partial charge is 0.462 e. The Morgan fingerprint density at radius 1 is 1.25 bits per heavy atom. The lowest BCUT2D eigenvalue weighted by atomic mass is 9.92. The van der Waals surface area contributed by atoms with Crippen LogP contribution in [0.4, 0.5) is 0 Å². The Kier molecular flexibility index (Phi) is 5.99. The molecule has 6 heteroatoms. The molecule has 0 bridgehead atoms. The van der Waals surface area contributed by atoms with Crippen molar-refractivity contribution in [1.82, 2.24) is 14.8 Å². The summed E-state index contributed by atoms with van der Waals surface area (Å²) in [7, 11) is 0. The van der Waals surface area contributed by atoms with Crippen LogP contribution < -0.4 is 4.74 Å². The number of carbonyl (C=O) groups is 1. The molecule has 0 saturated heterocycles. The lowest BCUT2D eigenvalue weighted by Crippen LogP contribution is -2.21. The Hall–Kier alpha value is -1.88. The van der Waals surface area contributed by atoms with Gasteiger partial charge in [0.05, 0.1) is 6.61 Å². The van der Waals surface area contributed by atoms with Gasteiger partial charge in [-0.1, -0.05) is 45.7 Å². The smallest absolute Gasteiger partial charge is 0.336 e. The minimum absolute atomic E-state index is 0.106. The Balaban J connectivity index is 2.34. The van der Waals surface area contributed by atoms with Crippen molar-refractivity contribution in [3.63, 3.8) is 0 Å². The number of unbranched alkanes of at least 4 members (excludes halogenated alkanes) is 1. The van der Waals surface area contributed by atoms with Gasteiger partial charge in [-0.15, -0.1) is 5.10 Å². The van der Waals surface area contributed by atoms with E-state index in [2.05, 4.69) is 17.0 Å². The van der Waals surface area contributed by atoms with Gasteiger partial charge in [-0.05, 0) is 36.1 Å². The summed E-state index contributed by atoms with van der Waals surface area (Å²) >= 11 is 5.94. The molecule has 130 valence electrons. The molecule has 0 aliphatic heterocycles. The first-order valence-corrected chi connectivity index (χ1v) is 8.57. The van der Waals surface area contributed by atoms with Crippen LogP contribution in [-0.2, 0) is 0 Å². The van der Waals surface area contributed by atoms with E-state index in [0.29, 0.717) is 23.9 Å².